The number of fused-ring (bicyclic) bond motifs is 1. The van der Waals surface area contributed by atoms with Crippen LogP contribution in [0.3, 0.4) is 0 Å². The van der Waals surface area contributed by atoms with E-state index in [9.17, 15) is 10.1 Å². The van der Waals surface area contributed by atoms with Gasteiger partial charge in [-0.15, -0.1) is 11.3 Å². The van der Waals surface area contributed by atoms with Crippen LogP contribution in [0.1, 0.15) is 17.0 Å². The topological polar surface area (TPSA) is 57.0 Å². The minimum Gasteiger partial charge on any atom is -0.307 e. The van der Waals surface area contributed by atoms with Crippen molar-refractivity contribution < 1.29 is 4.79 Å². The van der Waals surface area contributed by atoms with E-state index in [1.54, 1.807) is 17.2 Å². The van der Waals surface area contributed by atoms with Gasteiger partial charge in [-0.1, -0.05) is 18.2 Å². The highest BCUT2D eigenvalue weighted by Gasteiger charge is 2.24. The van der Waals surface area contributed by atoms with E-state index in [1.807, 2.05) is 35.7 Å². The summed E-state index contributed by atoms with van der Waals surface area (Å²) in [7, 11) is 0. The van der Waals surface area contributed by atoms with Crippen molar-refractivity contribution in [1.29, 1.82) is 5.26 Å². The van der Waals surface area contributed by atoms with Crippen LogP contribution < -0.4 is 4.90 Å². The van der Waals surface area contributed by atoms with E-state index in [-0.39, 0.29) is 11.5 Å². The summed E-state index contributed by atoms with van der Waals surface area (Å²) in [6.07, 6.45) is 5.10. The van der Waals surface area contributed by atoms with Crippen LogP contribution in [0.2, 0.25) is 0 Å². The van der Waals surface area contributed by atoms with Gasteiger partial charge in [-0.3, -0.25) is 4.79 Å². The van der Waals surface area contributed by atoms with Crippen LogP contribution >= 0.6 is 11.3 Å². The summed E-state index contributed by atoms with van der Waals surface area (Å²) < 4.78 is 0. The molecule has 1 aromatic heterocycles. The van der Waals surface area contributed by atoms with Gasteiger partial charge in [-0.05, 0) is 30.5 Å². The zero-order valence-electron chi connectivity index (χ0n) is 11.3. The number of benzene rings is 1. The lowest BCUT2D eigenvalue weighted by atomic mass is 10.0. The van der Waals surface area contributed by atoms with Crippen LogP contribution in [0.25, 0.3) is 6.08 Å². The first-order valence-corrected chi connectivity index (χ1v) is 7.58. The van der Waals surface area contributed by atoms with E-state index in [2.05, 4.69) is 4.98 Å². The van der Waals surface area contributed by atoms with Crippen LogP contribution in [0.4, 0.5) is 5.69 Å². The number of aromatic nitrogens is 1. The molecule has 0 fully saturated rings. The number of hydrogen-bond acceptors (Lipinski definition) is 4. The van der Waals surface area contributed by atoms with Gasteiger partial charge < -0.3 is 4.90 Å². The van der Waals surface area contributed by atoms with E-state index in [0.717, 1.165) is 24.1 Å². The molecule has 0 aliphatic carbocycles. The molecule has 5 heteroatoms. The summed E-state index contributed by atoms with van der Waals surface area (Å²) in [6, 6.07) is 9.87. The second-order valence-corrected chi connectivity index (χ2v) is 5.66. The minimum absolute atomic E-state index is 0.127. The van der Waals surface area contributed by atoms with E-state index >= 15 is 0 Å². The summed E-state index contributed by atoms with van der Waals surface area (Å²) in [4.78, 5) is 18.4. The number of amides is 1. The van der Waals surface area contributed by atoms with Gasteiger partial charge >= 0.3 is 0 Å². The third-order valence-electron chi connectivity index (χ3n) is 3.43. The molecule has 0 N–H and O–H groups in total. The number of aryl methyl sites for hydroxylation is 1. The molecule has 0 bridgehead atoms. The van der Waals surface area contributed by atoms with Crippen molar-refractivity contribution in [2.45, 2.75) is 12.8 Å². The van der Waals surface area contributed by atoms with E-state index < -0.39 is 0 Å². The number of para-hydroxylation sites is 1. The molecule has 0 unspecified atom stereocenters. The van der Waals surface area contributed by atoms with Gasteiger partial charge in [0.15, 0.2) is 0 Å². The predicted octanol–water partition coefficient (Wildman–Crippen LogP) is 3.03. The zero-order valence-corrected chi connectivity index (χ0v) is 12.1. The molecular formula is C16H13N3OS. The monoisotopic (exact) mass is 295 g/mol. The zero-order chi connectivity index (χ0) is 14.7. The second kappa shape index (κ2) is 5.90. The van der Waals surface area contributed by atoms with Crippen molar-refractivity contribution >= 4 is 29.0 Å². The summed E-state index contributed by atoms with van der Waals surface area (Å²) in [5.41, 5.74) is 2.19. The summed E-state index contributed by atoms with van der Waals surface area (Å²) >= 11 is 1.41. The van der Waals surface area contributed by atoms with Crippen LogP contribution in [0, 0.1) is 11.3 Å². The smallest absolute Gasteiger partial charge is 0.269 e. The Labute approximate surface area is 127 Å². The van der Waals surface area contributed by atoms with E-state index in [1.165, 1.54) is 11.3 Å². The van der Waals surface area contributed by atoms with Crippen molar-refractivity contribution in [2.24, 2.45) is 0 Å². The van der Waals surface area contributed by atoms with Crippen molar-refractivity contribution in [2.75, 3.05) is 11.4 Å². The highest BCUT2D eigenvalue weighted by molar-refractivity contribution is 7.10. The molecule has 0 radical (unpaired) electrons. The number of hydrogen-bond donors (Lipinski definition) is 0. The fraction of sp³-hybridized carbons (Fsp3) is 0.188. The maximum atomic E-state index is 12.6. The van der Waals surface area contributed by atoms with Crippen molar-refractivity contribution in [3.05, 3.63) is 52.0 Å². The maximum Gasteiger partial charge on any atom is 0.269 e. The summed E-state index contributed by atoms with van der Waals surface area (Å²) in [5, 5.41) is 11.8. The number of anilines is 1. The van der Waals surface area contributed by atoms with Crippen LogP contribution in [-0.4, -0.2) is 17.4 Å². The second-order valence-electron chi connectivity index (χ2n) is 4.73. The molecule has 1 aliphatic heterocycles. The van der Waals surface area contributed by atoms with Gasteiger partial charge in [0, 0.05) is 23.8 Å². The fourth-order valence-corrected chi connectivity index (χ4v) is 3.03. The molecule has 3 rings (SSSR count). The van der Waals surface area contributed by atoms with Gasteiger partial charge in [0.05, 0.1) is 0 Å². The van der Waals surface area contributed by atoms with Crippen LogP contribution in [0.5, 0.6) is 0 Å². The summed E-state index contributed by atoms with van der Waals surface area (Å²) in [6.45, 7) is 0.646. The Balaban J connectivity index is 1.94. The van der Waals surface area contributed by atoms with Crippen LogP contribution in [-0.2, 0) is 11.2 Å². The Kier molecular flexibility index (Phi) is 3.80. The summed E-state index contributed by atoms with van der Waals surface area (Å²) in [5.74, 6) is -0.250. The number of nitriles is 1. The van der Waals surface area contributed by atoms with Gasteiger partial charge in [0.2, 0.25) is 0 Å². The Morgan fingerprint density at radius 1 is 1.43 bits per heavy atom. The first-order valence-electron chi connectivity index (χ1n) is 6.70. The first-order chi connectivity index (χ1) is 10.3. The molecular weight excluding hydrogens is 282 g/mol. The third-order valence-corrected chi connectivity index (χ3v) is 4.15. The molecule has 1 aromatic carbocycles. The number of carbonyl (C=O) groups is 1. The minimum atomic E-state index is -0.250. The Bertz CT molecular complexity index is 728. The maximum absolute atomic E-state index is 12.6. The number of nitrogens with zero attached hydrogens (tertiary/aromatic N) is 3. The van der Waals surface area contributed by atoms with Gasteiger partial charge in [0.1, 0.15) is 16.6 Å². The van der Waals surface area contributed by atoms with E-state index in [0.29, 0.717) is 11.6 Å². The molecule has 0 saturated carbocycles. The van der Waals surface area contributed by atoms with Crippen molar-refractivity contribution in [3.63, 3.8) is 0 Å². The Morgan fingerprint density at radius 3 is 3.05 bits per heavy atom. The normalized spacial score (nSPS) is 14.4. The lowest BCUT2D eigenvalue weighted by Gasteiger charge is -2.29. The lowest BCUT2D eigenvalue weighted by molar-refractivity contribution is -0.114. The number of carbonyl (C=O) groups excluding carboxylic acids is 1. The fourth-order valence-electron chi connectivity index (χ4n) is 2.46. The molecule has 0 atom stereocenters. The SMILES string of the molecule is N#C/C(=C\c1nccs1)C(=O)N1CCCc2ccccc21. The molecule has 2 heterocycles. The molecule has 104 valence electrons. The quantitative estimate of drug-likeness (QED) is 0.632. The molecule has 21 heavy (non-hydrogen) atoms. The van der Waals surface area contributed by atoms with Gasteiger partial charge in [-0.2, -0.15) is 5.26 Å². The highest BCUT2D eigenvalue weighted by atomic mass is 32.1. The number of thiazole rings is 1. The Hall–Kier alpha value is -2.45. The molecule has 1 aliphatic rings. The molecule has 2 aromatic rings. The lowest BCUT2D eigenvalue weighted by Crippen LogP contribution is -2.36. The molecule has 0 saturated heterocycles. The average molecular weight is 295 g/mol. The van der Waals surface area contributed by atoms with Crippen molar-refractivity contribution in [1.82, 2.24) is 4.98 Å². The van der Waals surface area contributed by atoms with E-state index in [4.69, 9.17) is 0 Å². The third kappa shape index (κ3) is 2.71. The average Bonchev–Trinajstić information content (AvgIpc) is 3.04. The Morgan fingerprint density at radius 2 is 2.29 bits per heavy atom. The van der Waals surface area contributed by atoms with Gasteiger partial charge in [0.25, 0.3) is 5.91 Å². The molecule has 4 nitrogen and oxygen atoms in total. The largest absolute Gasteiger partial charge is 0.307 e. The standard InChI is InChI=1S/C16H13N3OS/c17-11-13(10-15-18-7-9-21-15)16(20)19-8-3-5-12-4-1-2-6-14(12)19/h1-2,4,6-7,9-10H,3,5,8H2/b13-10+. The molecule has 0 spiro atoms. The predicted molar refractivity (Wildman–Crippen MR) is 82.8 cm³/mol. The highest BCUT2D eigenvalue weighted by Crippen LogP contribution is 2.28. The van der Waals surface area contributed by atoms with Gasteiger partial charge in [-0.25, -0.2) is 4.98 Å². The number of rotatable bonds is 2. The molecule has 1 amide bonds. The van der Waals surface area contributed by atoms with Crippen molar-refractivity contribution in [3.8, 4) is 6.07 Å². The first kappa shape index (κ1) is 13.5. The van der Waals surface area contributed by atoms with Crippen LogP contribution in [0.15, 0.2) is 41.4 Å².